The van der Waals surface area contributed by atoms with Crippen LogP contribution in [0.15, 0.2) is 12.7 Å². The highest BCUT2D eigenvalue weighted by Crippen LogP contribution is 2.33. The Morgan fingerprint density at radius 3 is 1.50 bits per heavy atom. The highest BCUT2D eigenvalue weighted by Gasteiger charge is 2.45. The minimum Gasteiger partial charge on any atom is -0.394 e. The molecule has 0 saturated carbocycles. The number of hydrogen-bond acceptors (Lipinski definition) is 19. The first-order valence-electron chi connectivity index (χ1n) is 19.1. The Hall–Kier alpha value is -3.37. The van der Waals surface area contributed by atoms with E-state index in [9.17, 15) is 30.6 Å². The Morgan fingerprint density at radius 1 is 0.707 bits per heavy atom. The predicted molar refractivity (Wildman–Crippen MR) is 226 cm³/mol. The molecule has 2 aliphatic rings. The number of ether oxygens (including phenoxy) is 2. The molecule has 2 aliphatic heterocycles. The summed E-state index contributed by atoms with van der Waals surface area (Å²) in [5.41, 5.74) is 7.47. The first-order chi connectivity index (χ1) is 27.5. The molecule has 24 heteroatoms. The molecule has 6 heterocycles. The number of hydrogen-bond donors (Lipinski definition) is 13. The molecule has 0 bridgehead atoms. The molecule has 58 heavy (non-hydrogen) atoms. The first-order valence-corrected chi connectivity index (χ1v) is 20.3. The third-order valence-electron chi connectivity index (χ3n) is 9.67. The number of nitrogens with zero attached hydrogens (tertiary/aromatic N) is 6. The van der Waals surface area contributed by atoms with Crippen LogP contribution in [-0.2, 0) is 9.47 Å². The van der Waals surface area contributed by atoms with Gasteiger partial charge in [0.15, 0.2) is 21.7 Å². The molecule has 0 spiro atoms. The van der Waals surface area contributed by atoms with Crippen LogP contribution in [0.3, 0.4) is 0 Å². The second kappa shape index (κ2) is 22.8. The van der Waals surface area contributed by atoms with Crippen molar-refractivity contribution < 1.29 is 40.1 Å². The molecule has 21 nitrogen and oxygen atoms in total. The molecule has 6 rings (SSSR count). The molecule has 0 aromatic carbocycles. The lowest BCUT2D eigenvalue weighted by Gasteiger charge is -2.17. The maximum Gasteiger partial charge on any atom is 0.203 e. The summed E-state index contributed by atoms with van der Waals surface area (Å²) in [5.74, 6) is 0.999. The van der Waals surface area contributed by atoms with Crippen molar-refractivity contribution in [1.29, 1.82) is 0 Å². The van der Waals surface area contributed by atoms with Crippen molar-refractivity contribution in [2.45, 2.75) is 107 Å². The van der Waals surface area contributed by atoms with Crippen LogP contribution in [0.1, 0.15) is 70.7 Å². The van der Waals surface area contributed by atoms with Gasteiger partial charge in [0.2, 0.25) is 11.9 Å². The standard InChI is InChI=1S/C18H28N6O4S2.C16H26N6O4S.H3N/c1-10(29)19-6-4-2-3-5-7-20-18-22-15-12(16(30)23-18)21-9-24(15)17-14(27)13(26)11(8-25)28-17;17-5-3-1-2-4-6-18-16-20-13-10(14(27)21-16)19-8-22(13)15-12(25)11(24)9(7-23)26-15;/h9,11,13-14,17,25-27H,2-8H2,1H3,(H,19,29)(H2,20,22,23,30);8-9,11-12,15,23-25H,1-7,17H2,(H2,18,20,21,27);1H3/t11-,13+,14?,17-;9-,11+,12?,15-;/m11./s1. The fraction of sp³-hybridized carbons (Fsp3) is 0.676. The molecule has 4 aromatic heterocycles. The molecule has 16 N–H and O–H groups in total. The van der Waals surface area contributed by atoms with E-state index in [0.29, 0.717) is 50.1 Å². The van der Waals surface area contributed by atoms with Crippen LogP contribution in [0.25, 0.3) is 22.3 Å². The van der Waals surface area contributed by atoms with E-state index < -0.39 is 62.3 Å². The van der Waals surface area contributed by atoms with Crippen molar-refractivity contribution in [2.24, 2.45) is 5.73 Å². The number of unbranched alkanes of at least 4 members (excludes halogenated alkanes) is 6. The average molecular weight is 872 g/mol. The largest absolute Gasteiger partial charge is 0.394 e. The van der Waals surface area contributed by atoms with Gasteiger partial charge in [-0.1, -0.05) is 62.3 Å². The lowest BCUT2D eigenvalue weighted by atomic mass is 10.1. The number of nitrogens with one attached hydrogen (secondary N) is 5. The van der Waals surface area contributed by atoms with Gasteiger partial charge in [0.05, 0.1) is 30.9 Å². The van der Waals surface area contributed by atoms with Gasteiger partial charge in [-0.2, -0.15) is 0 Å². The van der Waals surface area contributed by atoms with Gasteiger partial charge in [0.1, 0.15) is 59.0 Å². The smallest absolute Gasteiger partial charge is 0.203 e. The van der Waals surface area contributed by atoms with Crippen LogP contribution in [0.2, 0.25) is 0 Å². The van der Waals surface area contributed by atoms with E-state index in [2.05, 4.69) is 45.9 Å². The predicted octanol–water partition coefficient (Wildman–Crippen LogP) is 1.20. The Bertz CT molecular complexity index is 2020. The summed E-state index contributed by atoms with van der Waals surface area (Å²) in [5, 5.41) is 68.7. The maximum atomic E-state index is 10.3. The molecule has 0 aliphatic carbocycles. The van der Waals surface area contributed by atoms with Crippen LogP contribution in [0.5, 0.6) is 0 Å². The number of nitrogens with two attached hydrogens (primary N) is 1. The summed E-state index contributed by atoms with van der Waals surface area (Å²) >= 11 is 15.6. The zero-order chi connectivity index (χ0) is 41.1. The SMILES string of the molecule is CC(=S)NCCCCCCNc1nc(=S)c2ncn([C@@H]3O[C@H](CO)[C@H](O)C3O)c2[nH]1.N.NCCCCCCNc1nc(=S)c2ncn([C@@H]3O[C@H](CO)[C@H](O)C3O)c2[nH]1. The van der Waals surface area contributed by atoms with E-state index in [1.54, 1.807) is 9.13 Å². The van der Waals surface area contributed by atoms with Gasteiger partial charge in [-0.3, -0.25) is 9.13 Å². The number of thiocarbonyl (C=S) groups is 1. The molecule has 0 amide bonds. The van der Waals surface area contributed by atoms with E-state index in [4.69, 9.17) is 51.9 Å². The molecule has 2 saturated heterocycles. The molecule has 2 fully saturated rings. The molecule has 2 unspecified atom stereocenters. The van der Waals surface area contributed by atoms with Crippen molar-refractivity contribution in [2.75, 3.05) is 50.0 Å². The van der Waals surface area contributed by atoms with Crippen LogP contribution < -0.4 is 27.8 Å². The Morgan fingerprint density at radius 2 is 1.12 bits per heavy atom. The molecular formula is C34H57N13O8S3. The summed E-state index contributed by atoms with van der Waals surface area (Å²) < 4.78 is 14.9. The summed E-state index contributed by atoms with van der Waals surface area (Å²) in [6.07, 6.45) is 3.05. The summed E-state index contributed by atoms with van der Waals surface area (Å²) in [7, 11) is 0. The Kier molecular flexibility index (Phi) is 18.6. The zero-order valence-corrected chi connectivity index (χ0v) is 34.8. The molecular weight excluding hydrogens is 815 g/mol. The van der Waals surface area contributed by atoms with Crippen molar-refractivity contribution in [1.82, 2.24) is 50.5 Å². The van der Waals surface area contributed by atoms with Crippen molar-refractivity contribution in [3.05, 3.63) is 21.9 Å². The van der Waals surface area contributed by atoms with Gasteiger partial charge in [-0.15, -0.1) is 0 Å². The Balaban J connectivity index is 0.000000254. The number of fused-ring (bicyclic) bond motifs is 2. The van der Waals surface area contributed by atoms with Crippen molar-refractivity contribution >= 4 is 75.9 Å². The van der Waals surface area contributed by atoms with Crippen LogP contribution in [-0.4, -0.2) is 151 Å². The van der Waals surface area contributed by atoms with Gasteiger partial charge in [0, 0.05) is 19.6 Å². The fourth-order valence-corrected chi connectivity index (χ4v) is 7.13. The van der Waals surface area contributed by atoms with Crippen LogP contribution in [0, 0.1) is 9.28 Å². The molecule has 4 aromatic rings. The average Bonchev–Trinajstić information content (AvgIpc) is 3.95. The van der Waals surface area contributed by atoms with Gasteiger partial charge in [-0.25, -0.2) is 19.9 Å². The van der Waals surface area contributed by atoms with E-state index >= 15 is 0 Å². The topological polar surface area (TPSA) is 330 Å². The second-order valence-corrected chi connectivity index (χ2v) is 15.3. The number of aromatic amines is 2. The normalized spacial score (nSPS) is 24.1. The van der Waals surface area contributed by atoms with E-state index in [1.165, 1.54) is 12.7 Å². The van der Waals surface area contributed by atoms with Crippen molar-refractivity contribution in [3.8, 4) is 0 Å². The van der Waals surface area contributed by atoms with Crippen molar-refractivity contribution in [3.63, 3.8) is 0 Å². The number of aliphatic hydroxyl groups is 6. The minimum atomic E-state index is -1.21. The first kappa shape index (κ1) is 47.3. The third-order valence-corrected chi connectivity index (χ3v) is 10.4. The molecule has 324 valence electrons. The highest BCUT2D eigenvalue weighted by molar-refractivity contribution is 7.80. The van der Waals surface area contributed by atoms with E-state index in [0.717, 1.165) is 76.0 Å². The van der Waals surface area contributed by atoms with Gasteiger partial charge in [-0.05, 0) is 39.2 Å². The van der Waals surface area contributed by atoms with Crippen LogP contribution >= 0.6 is 36.7 Å². The van der Waals surface area contributed by atoms with E-state index in [-0.39, 0.29) is 6.15 Å². The van der Waals surface area contributed by atoms with Gasteiger partial charge < -0.3 is 77.9 Å². The van der Waals surface area contributed by atoms with Crippen LogP contribution in [0.4, 0.5) is 11.9 Å². The number of rotatable bonds is 19. The minimum absolute atomic E-state index is 0. The quantitative estimate of drug-likeness (QED) is 0.0465. The lowest BCUT2D eigenvalue weighted by Crippen LogP contribution is -2.33. The van der Waals surface area contributed by atoms with Gasteiger partial charge in [0.25, 0.3) is 0 Å². The summed E-state index contributed by atoms with van der Waals surface area (Å²) in [6, 6.07) is 0. The Labute approximate surface area is 350 Å². The molecule has 0 radical (unpaired) electrons. The highest BCUT2D eigenvalue weighted by atomic mass is 32.1. The number of aliphatic hydroxyl groups excluding tert-OH is 6. The number of H-pyrrole nitrogens is 2. The number of aromatic nitrogens is 8. The fourth-order valence-electron chi connectivity index (χ4n) is 6.55. The summed E-state index contributed by atoms with van der Waals surface area (Å²) in [4.78, 5) is 24.2. The number of imidazole rings is 2. The lowest BCUT2D eigenvalue weighted by molar-refractivity contribution is -0.0511. The zero-order valence-electron chi connectivity index (χ0n) is 32.4. The summed E-state index contributed by atoms with van der Waals surface area (Å²) in [6.45, 7) is 4.17. The maximum absolute atomic E-state index is 10.3. The second-order valence-electron chi connectivity index (χ2n) is 13.9. The van der Waals surface area contributed by atoms with Gasteiger partial charge >= 0.3 is 0 Å². The van der Waals surface area contributed by atoms with E-state index in [1.807, 2.05) is 6.92 Å². The monoisotopic (exact) mass is 871 g/mol. The third kappa shape index (κ3) is 11.7. The molecule has 8 atom stereocenters. The number of anilines is 2.